The van der Waals surface area contributed by atoms with E-state index in [2.05, 4.69) is 39.3 Å². The minimum absolute atomic E-state index is 0.0162. The molecule has 1 aliphatic rings. The van der Waals surface area contributed by atoms with Crippen LogP contribution in [0.5, 0.6) is 0 Å². The van der Waals surface area contributed by atoms with Crippen LogP contribution in [0.4, 0.5) is 0 Å². The van der Waals surface area contributed by atoms with Gasteiger partial charge in [0.2, 0.25) is 5.91 Å². The Morgan fingerprint density at radius 1 is 1.31 bits per heavy atom. The van der Waals surface area contributed by atoms with Gasteiger partial charge in [0.25, 0.3) is 0 Å². The van der Waals surface area contributed by atoms with E-state index >= 15 is 0 Å². The van der Waals surface area contributed by atoms with Gasteiger partial charge in [-0.3, -0.25) is 9.69 Å². The number of rotatable bonds is 8. The molecule has 2 aromatic heterocycles. The van der Waals surface area contributed by atoms with Crippen molar-refractivity contribution < 1.29 is 4.79 Å². The molecule has 8 nitrogen and oxygen atoms in total. The van der Waals surface area contributed by atoms with Gasteiger partial charge in [-0.1, -0.05) is 6.92 Å². The molecule has 1 unspecified atom stereocenters. The topological polar surface area (TPSA) is 80.0 Å². The van der Waals surface area contributed by atoms with Crippen LogP contribution in [0, 0.1) is 19.8 Å². The number of carbonyl (C=O) groups is 1. The lowest BCUT2D eigenvalue weighted by molar-refractivity contribution is -0.132. The van der Waals surface area contributed by atoms with Gasteiger partial charge in [-0.25, -0.2) is 9.67 Å². The number of hydrogen-bond donors (Lipinski definition) is 0. The van der Waals surface area contributed by atoms with Crippen molar-refractivity contribution in [1.82, 2.24) is 35.0 Å². The number of hydrogen-bond acceptors (Lipinski definition) is 7. The first kappa shape index (κ1) is 21.8. The Kier molecular flexibility index (Phi) is 7.34. The summed E-state index contributed by atoms with van der Waals surface area (Å²) in [5.41, 5.74) is 1.00. The molecule has 3 rings (SSSR count). The van der Waals surface area contributed by atoms with Crippen LogP contribution in [-0.4, -0.2) is 61.0 Å². The van der Waals surface area contributed by atoms with Crippen molar-refractivity contribution in [1.29, 1.82) is 0 Å². The highest BCUT2D eigenvalue weighted by Crippen LogP contribution is 2.26. The highest BCUT2D eigenvalue weighted by atomic mass is 32.1. The van der Waals surface area contributed by atoms with E-state index in [1.807, 2.05) is 25.6 Å². The van der Waals surface area contributed by atoms with Crippen LogP contribution >= 0.6 is 11.3 Å². The lowest BCUT2D eigenvalue weighted by atomic mass is 9.99. The summed E-state index contributed by atoms with van der Waals surface area (Å²) in [5.74, 6) is 1.83. The van der Waals surface area contributed by atoms with Crippen LogP contribution < -0.4 is 0 Å². The number of thiazole rings is 1. The second kappa shape index (κ2) is 9.75. The summed E-state index contributed by atoms with van der Waals surface area (Å²) >= 11 is 1.68. The number of likely N-dealkylation sites (tertiary alicyclic amines) is 1. The van der Waals surface area contributed by atoms with Crippen molar-refractivity contribution in [3.8, 4) is 0 Å². The largest absolute Gasteiger partial charge is 0.337 e. The third kappa shape index (κ3) is 5.60. The first-order chi connectivity index (χ1) is 13.8. The fourth-order valence-electron chi connectivity index (χ4n) is 3.82. The Bertz CT molecular complexity index is 810. The van der Waals surface area contributed by atoms with E-state index in [1.54, 1.807) is 16.2 Å². The molecule has 0 radical (unpaired) electrons. The van der Waals surface area contributed by atoms with Crippen molar-refractivity contribution >= 4 is 17.2 Å². The Morgan fingerprint density at radius 2 is 2.03 bits per heavy atom. The van der Waals surface area contributed by atoms with Crippen LogP contribution in [0.2, 0.25) is 0 Å². The fourth-order valence-corrected chi connectivity index (χ4v) is 4.73. The fraction of sp³-hybridized carbons (Fsp3) is 0.750. The van der Waals surface area contributed by atoms with Gasteiger partial charge in [0, 0.05) is 24.9 Å². The maximum absolute atomic E-state index is 12.7. The zero-order valence-corrected chi connectivity index (χ0v) is 19.1. The minimum Gasteiger partial charge on any atom is -0.337 e. The van der Waals surface area contributed by atoms with Crippen LogP contribution in [0.3, 0.4) is 0 Å². The number of piperidine rings is 1. The predicted octanol–water partition coefficient (Wildman–Crippen LogP) is 2.98. The molecule has 1 amide bonds. The molecule has 9 heteroatoms. The van der Waals surface area contributed by atoms with Crippen molar-refractivity contribution in [2.75, 3.05) is 20.1 Å². The van der Waals surface area contributed by atoms with Crippen LogP contribution in [-0.2, 0) is 17.9 Å². The van der Waals surface area contributed by atoms with Crippen molar-refractivity contribution in [3.05, 3.63) is 21.4 Å². The maximum atomic E-state index is 12.7. The summed E-state index contributed by atoms with van der Waals surface area (Å²) in [7, 11) is 1.86. The number of amides is 1. The van der Waals surface area contributed by atoms with Gasteiger partial charge in [-0.2, -0.15) is 0 Å². The van der Waals surface area contributed by atoms with E-state index < -0.39 is 0 Å². The normalized spacial score (nSPS) is 16.9. The first-order valence-corrected chi connectivity index (χ1v) is 11.3. The van der Waals surface area contributed by atoms with E-state index in [0.29, 0.717) is 13.0 Å². The van der Waals surface area contributed by atoms with Crippen molar-refractivity contribution in [2.45, 2.75) is 72.5 Å². The van der Waals surface area contributed by atoms with Crippen molar-refractivity contribution in [2.24, 2.45) is 5.92 Å². The molecule has 3 heterocycles. The lowest BCUT2D eigenvalue weighted by Gasteiger charge is -2.29. The summed E-state index contributed by atoms with van der Waals surface area (Å²) in [4.78, 5) is 22.7. The standard InChI is InChI=1S/C20H33N7OS/c1-14-8-11-26(12-9-14)13-18-22-23-24-27(18)10-6-7-19(28)25(5)15(2)20-16(3)29-17(4)21-20/h14-15H,6-13H2,1-5H3. The van der Waals surface area contributed by atoms with Gasteiger partial charge in [0.1, 0.15) is 0 Å². The number of tetrazole rings is 1. The number of carbonyl (C=O) groups excluding carboxylic acids is 1. The van der Waals surface area contributed by atoms with Gasteiger partial charge in [0.05, 0.1) is 23.3 Å². The predicted molar refractivity (Wildman–Crippen MR) is 113 cm³/mol. The average molecular weight is 420 g/mol. The highest BCUT2D eigenvalue weighted by Gasteiger charge is 2.22. The summed E-state index contributed by atoms with van der Waals surface area (Å²) in [6.07, 6.45) is 3.67. The average Bonchev–Trinajstić information content (AvgIpc) is 3.27. The molecule has 0 spiro atoms. The first-order valence-electron chi connectivity index (χ1n) is 10.5. The van der Waals surface area contributed by atoms with Gasteiger partial charge >= 0.3 is 0 Å². The van der Waals surface area contributed by atoms with E-state index in [0.717, 1.165) is 48.5 Å². The van der Waals surface area contributed by atoms with Crippen LogP contribution in [0.25, 0.3) is 0 Å². The molecule has 0 N–H and O–H groups in total. The van der Waals surface area contributed by atoms with E-state index in [9.17, 15) is 4.79 Å². The molecular weight excluding hydrogens is 386 g/mol. The maximum Gasteiger partial charge on any atom is 0.222 e. The summed E-state index contributed by atoms with van der Waals surface area (Å²) in [6.45, 7) is 12.1. The third-order valence-electron chi connectivity index (χ3n) is 5.92. The number of aryl methyl sites for hydroxylation is 3. The molecule has 2 aromatic rings. The number of nitrogens with zero attached hydrogens (tertiary/aromatic N) is 7. The molecular formula is C20H33N7OS. The zero-order valence-electron chi connectivity index (χ0n) is 18.3. The smallest absolute Gasteiger partial charge is 0.222 e. The van der Waals surface area contributed by atoms with Gasteiger partial charge in [-0.15, -0.1) is 16.4 Å². The summed E-state index contributed by atoms with van der Waals surface area (Å²) in [5, 5.41) is 13.2. The second-order valence-electron chi connectivity index (χ2n) is 8.24. The Hall–Kier alpha value is -1.87. The van der Waals surface area contributed by atoms with Gasteiger partial charge in [0.15, 0.2) is 5.82 Å². The third-order valence-corrected chi connectivity index (χ3v) is 6.82. The van der Waals surface area contributed by atoms with Crippen LogP contribution in [0.1, 0.15) is 67.0 Å². The molecule has 29 heavy (non-hydrogen) atoms. The summed E-state index contributed by atoms with van der Waals surface area (Å²) < 4.78 is 1.85. The Balaban J connectivity index is 1.48. The van der Waals surface area contributed by atoms with Gasteiger partial charge in [-0.05, 0) is 69.5 Å². The monoisotopic (exact) mass is 419 g/mol. The molecule has 1 aliphatic heterocycles. The lowest BCUT2D eigenvalue weighted by Crippen LogP contribution is -2.33. The van der Waals surface area contributed by atoms with E-state index in [4.69, 9.17) is 0 Å². The van der Waals surface area contributed by atoms with Gasteiger partial charge < -0.3 is 4.90 Å². The molecule has 0 aliphatic carbocycles. The zero-order chi connectivity index (χ0) is 21.0. The minimum atomic E-state index is -0.0162. The molecule has 0 bridgehead atoms. The molecule has 1 saturated heterocycles. The quantitative estimate of drug-likeness (QED) is 0.654. The molecule has 160 valence electrons. The SMILES string of the molecule is Cc1nc(C(C)N(C)C(=O)CCCn2nnnc2CN2CCC(C)CC2)c(C)s1. The summed E-state index contributed by atoms with van der Waals surface area (Å²) in [6, 6.07) is -0.0162. The highest BCUT2D eigenvalue weighted by molar-refractivity contribution is 7.11. The van der Waals surface area contributed by atoms with Crippen LogP contribution in [0.15, 0.2) is 0 Å². The molecule has 1 atom stereocenters. The van der Waals surface area contributed by atoms with E-state index in [1.165, 1.54) is 17.7 Å². The molecule has 0 saturated carbocycles. The molecule has 1 fully saturated rings. The van der Waals surface area contributed by atoms with E-state index in [-0.39, 0.29) is 11.9 Å². The molecule has 0 aromatic carbocycles. The van der Waals surface area contributed by atoms with Crippen molar-refractivity contribution in [3.63, 3.8) is 0 Å². The number of aromatic nitrogens is 5. The second-order valence-corrected chi connectivity index (χ2v) is 9.64. The Morgan fingerprint density at radius 3 is 2.69 bits per heavy atom. The Labute approximate surface area is 177 Å².